The quantitative estimate of drug-likeness (QED) is 0.671. The summed E-state index contributed by atoms with van der Waals surface area (Å²) < 4.78 is 11.0. The van der Waals surface area contributed by atoms with Gasteiger partial charge in [0.2, 0.25) is 5.91 Å². The van der Waals surface area contributed by atoms with Crippen LogP contribution in [0.15, 0.2) is 72.8 Å². The maximum absolute atomic E-state index is 13.2. The van der Waals surface area contributed by atoms with Crippen molar-refractivity contribution in [1.82, 2.24) is 0 Å². The molecule has 4 rings (SSSR count). The van der Waals surface area contributed by atoms with Crippen LogP contribution in [0.25, 0.3) is 0 Å². The Labute approximate surface area is 162 Å². The van der Waals surface area contributed by atoms with Crippen LogP contribution in [0.3, 0.4) is 0 Å². The van der Waals surface area contributed by atoms with Crippen molar-refractivity contribution < 1.29 is 19.1 Å². The predicted molar refractivity (Wildman–Crippen MR) is 106 cm³/mol. The Morgan fingerprint density at radius 2 is 1.57 bits per heavy atom. The fourth-order valence-electron chi connectivity index (χ4n) is 3.35. The molecule has 0 saturated carbocycles. The van der Waals surface area contributed by atoms with Gasteiger partial charge in [-0.1, -0.05) is 42.5 Å². The molecule has 3 aromatic rings. The SMILES string of the molecule is CCOC(=O)c1cccc(NC(=O)C2c3ccccc3Oc3ccccc32)c1. The van der Waals surface area contributed by atoms with E-state index < -0.39 is 11.9 Å². The van der Waals surface area contributed by atoms with Gasteiger partial charge in [-0.2, -0.15) is 0 Å². The fraction of sp³-hybridized carbons (Fsp3) is 0.130. The number of anilines is 1. The summed E-state index contributed by atoms with van der Waals surface area (Å²) in [5.41, 5.74) is 2.55. The summed E-state index contributed by atoms with van der Waals surface area (Å²) >= 11 is 0. The lowest BCUT2D eigenvalue weighted by atomic mass is 9.87. The van der Waals surface area contributed by atoms with Crippen LogP contribution in [0.2, 0.25) is 0 Å². The van der Waals surface area contributed by atoms with Gasteiger partial charge < -0.3 is 14.8 Å². The first-order valence-electron chi connectivity index (χ1n) is 9.11. The van der Waals surface area contributed by atoms with E-state index in [4.69, 9.17) is 9.47 Å². The van der Waals surface area contributed by atoms with Crippen LogP contribution in [0.5, 0.6) is 11.5 Å². The molecule has 1 heterocycles. The highest BCUT2D eigenvalue weighted by atomic mass is 16.5. The van der Waals surface area contributed by atoms with Crippen molar-refractivity contribution in [2.24, 2.45) is 0 Å². The fourth-order valence-corrected chi connectivity index (χ4v) is 3.35. The van der Waals surface area contributed by atoms with Gasteiger partial charge >= 0.3 is 5.97 Å². The van der Waals surface area contributed by atoms with E-state index in [0.29, 0.717) is 29.4 Å². The molecule has 0 spiro atoms. The van der Waals surface area contributed by atoms with Gasteiger partial charge in [-0.05, 0) is 37.3 Å². The van der Waals surface area contributed by atoms with Crippen LogP contribution in [0.4, 0.5) is 5.69 Å². The number of fused-ring (bicyclic) bond motifs is 2. The first kappa shape index (κ1) is 17.8. The van der Waals surface area contributed by atoms with Crippen molar-refractivity contribution in [2.45, 2.75) is 12.8 Å². The molecule has 5 nitrogen and oxygen atoms in total. The molecule has 0 radical (unpaired) electrons. The highest BCUT2D eigenvalue weighted by molar-refractivity contribution is 6.00. The maximum Gasteiger partial charge on any atom is 0.338 e. The van der Waals surface area contributed by atoms with Crippen molar-refractivity contribution >= 4 is 17.6 Å². The number of hydrogen-bond acceptors (Lipinski definition) is 4. The number of amides is 1. The van der Waals surface area contributed by atoms with E-state index in [1.54, 1.807) is 31.2 Å². The molecule has 140 valence electrons. The van der Waals surface area contributed by atoms with Gasteiger partial charge in [0.25, 0.3) is 0 Å². The van der Waals surface area contributed by atoms with Crippen molar-refractivity contribution in [1.29, 1.82) is 0 Å². The third-order valence-corrected chi connectivity index (χ3v) is 4.58. The largest absolute Gasteiger partial charge is 0.462 e. The Morgan fingerprint density at radius 1 is 0.929 bits per heavy atom. The summed E-state index contributed by atoms with van der Waals surface area (Å²) in [5.74, 6) is 0.222. The van der Waals surface area contributed by atoms with Crippen LogP contribution in [0.1, 0.15) is 34.3 Å². The third kappa shape index (κ3) is 3.34. The molecule has 0 atom stereocenters. The first-order chi connectivity index (χ1) is 13.7. The molecule has 5 heteroatoms. The molecule has 0 bridgehead atoms. The number of hydrogen-bond donors (Lipinski definition) is 1. The van der Waals surface area contributed by atoms with Gasteiger partial charge in [0.1, 0.15) is 11.5 Å². The van der Waals surface area contributed by atoms with Gasteiger partial charge in [-0.25, -0.2) is 4.79 Å². The lowest BCUT2D eigenvalue weighted by Gasteiger charge is -2.27. The Morgan fingerprint density at radius 3 is 2.21 bits per heavy atom. The molecule has 0 saturated heterocycles. The molecule has 1 amide bonds. The van der Waals surface area contributed by atoms with E-state index in [9.17, 15) is 9.59 Å². The number of nitrogens with one attached hydrogen (secondary N) is 1. The van der Waals surface area contributed by atoms with Gasteiger partial charge in [0.15, 0.2) is 0 Å². The smallest absolute Gasteiger partial charge is 0.338 e. The minimum Gasteiger partial charge on any atom is -0.462 e. The standard InChI is InChI=1S/C23H19NO4/c1-2-27-23(26)15-8-7-9-16(14-15)24-22(25)21-17-10-3-5-12-19(17)28-20-13-6-4-11-18(20)21/h3-14,21H,2H2,1H3,(H,24,25). The highest BCUT2D eigenvalue weighted by Gasteiger charge is 2.32. The maximum atomic E-state index is 13.2. The number of benzene rings is 3. The second-order valence-corrected chi connectivity index (χ2v) is 6.40. The zero-order valence-corrected chi connectivity index (χ0v) is 15.3. The highest BCUT2D eigenvalue weighted by Crippen LogP contribution is 2.44. The predicted octanol–water partition coefficient (Wildman–Crippen LogP) is 4.74. The molecule has 1 aliphatic rings. The van der Waals surface area contributed by atoms with Crippen molar-refractivity contribution in [3.8, 4) is 11.5 Å². The zero-order chi connectivity index (χ0) is 19.5. The summed E-state index contributed by atoms with van der Waals surface area (Å²) in [6, 6.07) is 21.8. The first-order valence-corrected chi connectivity index (χ1v) is 9.11. The number of esters is 1. The molecule has 3 aromatic carbocycles. The topological polar surface area (TPSA) is 64.6 Å². The number of carbonyl (C=O) groups excluding carboxylic acids is 2. The number of rotatable bonds is 4. The summed E-state index contributed by atoms with van der Waals surface area (Å²) in [6.07, 6.45) is 0. The van der Waals surface area contributed by atoms with E-state index >= 15 is 0 Å². The van der Waals surface area contributed by atoms with Crippen molar-refractivity contribution in [3.63, 3.8) is 0 Å². The second-order valence-electron chi connectivity index (χ2n) is 6.40. The summed E-state index contributed by atoms with van der Waals surface area (Å²) in [7, 11) is 0. The molecule has 1 N–H and O–H groups in total. The van der Waals surface area contributed by atoms with Gasteiger partial charge in [0.05, 0.1) is 18.1 Å². The van der Waals surface area contributed by atoms with E-state index in [0.717, 1.165) is 11.1 Å². The van der Waals surface area contributed by atoms with Crippen molar-refractivity contribution in [3.05, 3.63) is 89.5 Å². The van der Waals surface area contributed by atoms with E-state index in [1.807, 2.05) is 48.5 Å². The molecule has 0 fully saturated rings. The molecule has 0 aromatic heterocycles. The second kappa shape index (κ2) is 7.56. The molecule has 1 aliphatic heterocycles. The molecule has 28 heavy (non-hydrogen) atoms. The van der Waals surface area contributed by atoms with Crippen LogP contribution in [-0.4, -0.2) is 18.5 Å². The van der Waals surface area contributed by atoms with E-state index in [-0.39, 0.29) is 5.91 Å². The van der Waals surface area contributed by atoms with Gasteiger partial charge in [0, 0.05) is 16.8 Å². The van der Waals surface area contributed by atoms with Crippen LogP contribution in [0, 0.1) is 0 Å². The Bertz CT molecular complexity index is 999. The van der Waals surface area contributed by atoms with Crippen LogP contribution >= 0.6 is 0 Å². The summed E-state index contributed by atoms with van der Waals surface area (Å²) in [5, 5.41) is 2.93. The van der Waals surface area contributed by atoms with Gasteiger partial charge in [-0.15, -0.1) is 0 Å². The van der Waals surface area contributed by atoms with Crippen molar-refractivity contribution in [2.75, 3.05) is 11.9 Å². The third-order valence-electron chi connectivity index (χ3n) is 4.58. The minimum absolute atomic E-state index is 0.191. The Kier molecular flexibility index (Phi) is 4.81. The number of carbonyl (C=O) groups is 2. The van der Waals surface area contributed by atoms with E-state index in [1.165, 1.54) is 0 Å². The normalized spacial score (nSPS) is 12.3. The van der Waals surface area contributed by atoms with Gasteiger partial charge in [-0.3, -0.25) is 4.79 Å². The lowest BCUT2D eigenvalue weighted by molar-refractivity contribution is -0.116. The van der Waals surface area contributed by atoms with Crippen LogP contribution in [-0.2, 0) is 9.53 Å². The molecular formula is C23H19NO4. The van der Waals surface area contributed by atoms with E-state index in [2.05, 4.69) is 5.32 Å². The lowest BCUT2D eigenvalue weighted by Crippen LogP contribution is -2.25. The zero-order valence-electron chi connectivity index (χ0n) is 15.3. The number of ether oxygens (including phenoxy) is 2. The average molecular weight is 373 g/mol. The Balaban J connectivity index is 1.66. The number of para-hydroxylation sites is 2. The van der Waals surface area contributed by atoms with Crippen LogP contribution < -0.4 is 10.1 Å². The minimum atomic E-state index is -0.507. The average Bonchev–Trinajstić information content (AvgIpc) is 2.72. The molecular weight excluding hydrogens is 354 g/mol. The summed E-state index contributed by atoms with van der Waals surface area (Å²) in [4.78, 5) is 25.2. The monoisotopic (exact) mass is 373 g/mol. The molecule has 0 unspecified atom stereocenters. The Hall–Kier alpha value is -3.60. The summed E-state index contributed by atoms with van der Waals surface area (Å²) in [6.45, 7) is 2.05. The molecule has 0 aliphatic carbocycles.